The van der Waals surface area contributed by atoms with Gasteiger partial charge in [-0.3, -0.25) is 0 Å². The first-order chi connectivity index (χ1) is 11.2. The number of rotatable bonds is 7. The van der Waals surface area contributed by atoms with E-state index in [2.05, 4.69) is 46.6 Å². The van der Waals surface area contributed by atoms with Crippen LogP contribution in [0.15, 0.2) is 35.5 Å². The second-order valence-corrected chi connectivity index (χ2v) is 6.97. The molecule has 0 aliphatic heterocycles. The zero-order valence-corrected chi connectivity index (χ0v) is 17.9. The molecule has 2 N–H and O–H groups in total. The van der Waals surface area contributed by atoms with Gasteiger partial charge >= 0.3 is 0 Å². The third-order valence-corrected chi connectivity index (χ3v) is 4.38. The van der Waals surface area contributed by atoms with E-state index in [4.69, 9.17) is 11.6 Å². The summed E-state index contributed by atoms with van der Waals surface area (Å²) in [6.45, 7) is 6.47. The molecule has 0 spiro atoms. The van der Waals surface area contributed by atoms with Crippen molar-refractivity contribution < 1.29 is 0 Å². The molecule has 1 aromatic heterocycles. The number of nitrogens with zero attached hydrogens (tertiary/aromatic N) is 2. The fraction of sp³-hybridized carbons (Fsp3) is 0.412. The molecule has 0 radical (unpaired) electrons. The van der Waals surface area contributed by atoms with Gasteiger partial charge in [-0.25, -0.2) is 9.98 Å². The van der Waals surface area contributed by atoms with Gasteiger partial charge in [-0.2, -0.15) is 0 Å². The van der Waals surface area contributed by atoms with E-state index in [0.29, 0.717) is 6.54 Å². The van der Waals surface area contributed by atoms with E-state index < -0.39 is 0 Å². The van der Waals surface area contributed by atoms with Crippen LogP contribution in [0.4, 0.5) is 0 Å². The number of hydrogen-bond donors (Lipinski definition) is 2. The Morgan fingerprint density at radius 1 is 1.25 bits per heavy atom. The molecular formula is C17H24ClIN4S. The average molecular weight is 479 g/mol. The minimum Gasteiger partial charge on any atom is -0.357 e. The average Bonchev–Trinajstić information content (AvgIpc) is 2.96. The van der Waals surface area contributed by atoms with Gasteiger partial charge in [0, 0.05) is 29.2 Å². The van der Waals surface area contributed by atoms with Gasteiger partial charge in [0.1, 0.15) is 5.01 Å². The molecule has 24 heavy (non-hydrogen) atoms. The van der Waals surface area contributed by atoms with Crippen molar-refractivity contribution in [2.45, 2.75) is 33.2 Å². The summed E-state index contributed by atoms with van der Waals surface area (Å²) >= 11 is 7.59. The van der Waals surface area contributed by atoms with E-state index in [9.17, 15) is 0 Å². The molecule has 7 heteroatoms. The van der Waals surface area contributed by atoms with Crippen LogP contribution in [-0.4, -0.2) is 24.0 Å². The maximum atomic E-state index is 5.90. The Labute approximate surface area is 170 Å². The van der Waals surface area contributed by atoms with Gasteiger partial charge in [-0.15, -0.1) is 35.3 Å². The minimum atomic E-state index is 0. The van der Waals surface area contributed by atoms with Crippen LogP contribution in [0.3, 0.4) is 0 Å². The van der Waals surface area contributed by atoms with Crippen LogP contribution < -0.4 is 10.6 Å². The lowest BCUT2D eigenvalue weighted by molar-refractivity contribution is 0.743. The Morgan fingerprint density at radius 2 is 2.00 bits per heavy atom. The largest absolute Gasteiger partial charge is 0.357 e. The number of benzene rings is 1. The molecule has 2 rings (SSSR count). The van der Waals surface area contributed by atoms with Crippen LogP contribution in [-0.2, 0) is 13.0 Å². The topological polar surface area (TPSA) is 49.3 Å². The Balaban J connectivity index is 0.00000288. The summed E-state index contributed by atoms with van der Waals surface area (Å²) in [4.78, 5) is 10.1. The number of guanidine groups is 1. The zero-order chi connectivity index (χ0) is 16.5. The number of halogens is 2. The summed E-state index contributed by atoms with van der Waals surface area (Å²) in [7, 11) is 0. The maximum absolute atomic E-state index is 5.90. The zero-order valence-electron chi connectivity index (χ0n) is 14.0. The number of thiazole rings is 1. The lowest BCUT2D eigenvalue weighted by Gasteiger charge is -2.11. The molecule has 0 unspecified atom stereocenters. The van der Waals surface area contributed by atoms with E-state index >= 15 is 0 Å². The molecule has 1 aromatic carbocycles. The van der Waals surface area contributed by atoms with Crippen molar-refractivity contribution in [2.24, 2.45) is 4.99 Å². The summed E-state index contributed by atoms with van der Waals surface area (Å²) in [5.74, 6) is 0.844. The summed E-state index contributed by atoms with van der Waals surface area (Å²) in [6, 6.07) is 8.02. The first-order valence-electron chi connectivity index (χ1n) is 7.85. The lowest BCUT2D eigenvalue weighted by Crippen LogP contribution is -2.37. The highest BCUT2D eigenvalue weighted by atomic mass is 127. The van der Waals surface area contributed by atoms with E-state index in [1.165, 1.54) is 10.4 Å². The third-order valence-electron chi connectivity index (χ3n) is 3.23. The van der Waals surface area contributed by atoms with Gasteiger partial charge in [-0.05, 0) is 44.4 Å². The van der Waals surface area contributed by atoms with Crippen molar-refractivity contribution in [3.63, 3.8) is 0 Å². The highest BCUT2D eigenvalue weighted by Gasteiger charge is 2.00. The number of hydrogen-bond acceptors (Lipinski definition) is 3. The molecule has 0 saturated heterocycles. The smallest absolute Gasteiger partial charge is 0.191 e. The quantitative estimate of drug-likeness (QED) is 0.268. The summed E-state index contributed by atoms with van der Waals surface area (Å²) in [6.07, 6.45) is 3.96. The maximum Gasteiger partial charge on any atom is 0.191 e. The van der Waals surface area contributed by atoms with Crippen LogP contribution in [0.5, 0.6) is 0 Å². The molecule has 0 atom stereocenters. The van der Waals surface area contributed by atoms with Crippen molar-refractivity contribution in [2.75, 3.05) is 13.1 Å². The van der Waals surface area contributed by atoms with Crippen LogP contribution >= 0.6 is 46.9 Å². The van der Waals surface area contributed by atoms with Gasteiger partial charge in [0.25, 0.3) is 0 Å². The van der Waals surface area contributed by atoms with E-state index in [-0.39, 0.29) is 24.0 Å². The minimum absolute atomic E-state index is 0. The summed E-state index contributed by atoms with van der Waals surface area (Å²) in [5, 5.41) is 8.46. The predicted molar refractivity (Wildman–Crippen MR) is 115 cm³/mol. The molecule has 0 saturated carbocycles. The third kappa shape index (κ3) is 7.81. The molecule has 1 heterocycles. The number of aryl methyl sites for hydroxylation is 2. The normalized spacial score (nSPS) is 11.0. The fourth-order valence-electron chi connectivity index (χ4n) is 2.11. The van der Waals surface area contributed by atoms with Crippen molar-refractivity contribution >= 4 is 52.9 Å². The monoisotopic (exact) mass is 478 g/mol. The molecule has 2 aromatic rings. The van der Waals surface area contributed by atoms with Crippen LogP contribution in [0.1, 0.15) is 28.8 Å². The van der Waals surface area contributed by atoms with Gasteiger partial charge in [0.2, 0.25) is 0 Å². The summed E-state index contributed by atoms with van der Waals surface area (Å²) < 4.78 is 0. The molecule has 0 bridgehead atoms. The highest BCUT2D eigenvalue weighted by Crippen LogP contribution is 2.12. The van der Waals surface area contributed by atoms with Crippen LogP contribution in [0, 0.1) is 6.92 Å². The second kappa shape index (κ2) is 11.7. The van der Waals surface area contributed by atoms with E-state index in [1.807, 2.05) is 18.3 Å². The van der Waals surface area contributed by atoms with Gasteiger partial charge < -0.3 is 10.6 Å². The Hall–Kier alpha value is -0.860. The molecular weight excluding hydrogens is 455 g/mol. The SMILES string of the molecule is CCNC(=NCc1ncc(C)s1)NCCCc1ccc(Cl)cc1.I. The lowest BCUT2D eigenvalue weighted by atomic mass is 10.1. The van der Waals surface area contributed by atoms with Crippen molar-refractivity contribution in [1.82, 2.24) is 15.6 Å². The fourth-order valence-corrected chi connectivity index (χ4v) is 2.95. The standard InChI is InChI=1S/C17H23ClN4S.HI/c1-3-19-17(22-12-16-21-11-13(2)23-16)20-10-4-5-14-6-8-15(18)9-7-14;/h6-9,11H,3-5,10,12H2,1-2H3,(H2,19,20,22);1H. The first-order valence-corrected chi connectivity index (χ1v) is 9.04. The van der Waals surface area contributed by atoms with Gasteiger partial charge in [0.15, 0.2) is 5.96 Å². The molecule has 0 amide bonds. The van der Waals surface area contributed by atoms with Gasteiger partial charge in [0.05, 0.1) is 6.54 Å². The highest BCUT2D eigenvalue weighted by molar-refractivity contribution is 14.0. The Bertz CT molecular complexity index is 628. The van der Waals surface area contributed by atoms with Gasteiger partial charge in [-0.1, -0.05) is 23.7 Å². The predicted octanol–water partition coefficient (Wildman–Crippen LogP) is 4.41. The van der Waals surface area contributed by atoms with Crippen LogP contribution in [0.2, 0.25) is 5.02 Å². The molecule has 0 aliphatic rings. The Morgan fingerprint density at radius 3 is 2.62 bits per heavy atom. The van der Waals surface area contributed by atoms with E-state index in [1.54, 1.807) is 11.3 Å². The first kappa shape index (κ1) is 21.2. The number of aromatic nitrogens is 1. The number of nitrogens with one attached hydrogen (secondary N) is 2. The van der Waals surface area contributed by atoms with Crippen molar-refractivity contribution in [3.8, 4) is 0 Å². The van der Waals surface area contributed by atoms with Crippen molar-refractivity contribution in [1.29, 1.82) is 0 Å². The molecule has 4 nitrogen and oxygen atoms in total. The molecule has 0 fully saturated rings. The molecule has 0 aliphatic carbocycles. The summed E-state index contributed by atoms with van der Waals surface area (Å²) in [5.41, 5.74) is 1.30. The van der Waals surface area contributed by atoms with Crippen molar-refractivity contribution in [3.05, 3.63) is 50.9 Å². The molecule has 132 valence electrons. The second-order valence-electron chi connectivity index (χ2n) is 5.22. The van der Waals surface area contributed by atoms with E-state index in [0.717, 1.165) is 41.9 Å². The number of aliphatic imine (C=N–C) groups is 1. The Kier molecular flexibility index (Phi) is 10.3. The van der Waals surface area contributed by atoms with Crippen LogP contribution in [0.25, 0.3) is 0 Å².